The van der Waals surface area contributed by atoms with Gasteiger partial charge in [0.05, 0.1) is 7.11 Å². The lowest BCUT2D eigenvalue weighted by atomic mass is 9.90. The lowest BCUT2D eigenvalue weighted by molar-refractivity contribution is 0.0580. The first-order valence-electron chi connectivity index (χ1n) is 6.88. The molecule has 1 saturated carbocycles. The molecule has 3 nitrogen and oxygen atoms in total. The average molecular weight is 344 g/mol. The number of carbonyl (C=O) groups is 1. The molecule has 1 fully saturated rings. The van der Waals surface area contributed by atoms with E-state index in [-0.39, 0.29) is 11.7 Å². The number of ether oxygens (including phenoxy) is 1. The van der Waals surface area contributed by atoms with Crippen molar-refractivity contribution in [2.24, 2.45) is 0 Å². The minimum absolute atomic E-state index is 0.0334. The Kier molecular flexibility index (Phi) is 5.40. The van der Waals surface area contributed by atoms with E-state index in [0.29, 0.717) is 11.6 Å². The monoisotopic (exact) mass is 343 g/mol. The highest BCUT2D eigenvalue weighted by molar-refractivity contribution is 9.09. The summed E-state index contributed by atoms with van der Waals surface area (Å²) >= 11 is 3.40. The Morgan fingerprint density at radius 1 is 1.50 bits per heavy atom. The van der Waals surface area contributed by atoms with E-state index in [4.69, 9.17) is 4.74 Å². The van der Waals surface area contributed by atoms with Gasteiger partial charge in [-0.2, -0.15) is 0 Å². The fraction of sp³-hybridized carbons (Fsp3) is 0.533. The molecular formula is C15H19BrFNO2. The number of alkyl halides is 1. The van der Waals surface area contributed by atoms with Crippen LogP contribution in [-0.2, 0) is 0 Å². The quantitative estimate of drug-likeness (QED) is 0.738. The van der Waals surface area contributed by atoms with E-state index >= 15 is 0 Å². The Morgan fingerprint density at radius 3 is 2.80 bits per heavy atom. The zero-order valence-corrected chi connectivity index (χ0v) is 13.2. The molecule has 0 saturated heterocycles. The zero-order chi connectivity index (χ0) is 14.5. The summed E-state index contributed by atoms with van der Waals surface area (Å²) in [6, 6.07) is 4.63. The maximum Gasteiger partial charge on any atom is 0.254 e. The third kappa shape index (κ3) is 3.32. The van der Waals surface area contributed by atoms with Crippen LogP contribution in [0.1, 0.15) is 36.0 Å². The first-order chi connectivity index (χ1) is 9.67. The second kappa shape index (κ2) is 7.07. The first kappa shape index (κ1) is 15.3. The molecule has 5 heteroatoms. The Balaban J connectivity index is 2.17. The van der Waals surface area contributed by atoms with Gasteiger partial charge in [0, 0.05) is 23.5 Å². The lowest BCUT2D eigenvalue weighted by Crippen LogP contribution is -2.44. The van der Waals surface area contributed by atoms with Crippen LogP contribution in [0.5, 0.6) is 5.75 Å². The standard InChI is InChI=1S/C15H19BrFNO2/c1-20-14-10-11(6-7-13(14)17)15(19)18(9-3-8-16)12-4-2-5-12/h6-7,10,12H,2-5,8-9H2,1H3. The molecule has 1 aliphatic rings. The van der Waals surface area contributed by atoms with Crippen LogP contribution in [0.15, 0.2) is 18.2 Å². The van der Waals surface area contributed by atoms with Gasteiger partial charge in [-0.15, -0.1) is 0 Å². The molecular weight excluding hydrogens is 325 g/mol. The predicted octanol–water partition coefficient (Wildman–Crippen LogP) is 3.61. The van der Waals surface area contributed by atoms with E-state index in [9.17, 15) is 9.18 Å². The molecule has 0 spiro atoms. The van der Waals surface area contributed by atoms with Crippen molar-refractivity contribution in [1.29, 1.82) is 0 Å². The van der Waals surface area contributed by atoms with Gasteiger partial charge in [-0.1, -0.05) is 15.9 Å². The van der Waals surface area contributed by atoms with Crippen molar-refractivity contribution < 1.29 is 13.9 Å². The highest BCUT2D eigenvalue weighted by atomic mass is 79.9. The van der Waals surface area contributed by atoms with Crippen LogP contribution >= 0.6 is 15.9 Å². The second-order valence-corrected chi connectivity index (χ2v) is 5.77. The van der Waals surface area contributed by atoms with E-state index < -0.39 is 5.82 Å². The number of rotatable bonds is 6. The van der Waals surface area contributed by atoms with Gasteiger partial charge in [0.15, 0.2) is 11.6 Å². The molecule has 0 aromatic heterocycles. The maximum absolute atomic E-state index is 13.4. The van der Waals surface area contributed by atoms with Crippen molar-refractivity contribution >= 4 is 21.8 Å². The minimum Gasteiger partial charge on any atom is -0.494 e. The zero-order valence-electron chi connectivity index (χ0n) is 11.6. The molecule has 0 N–H and O–H groups in total. The van der Waals surface area contributed by atoms with Gasteiger partial charge in [-0.3, -0.25) is 4.79 Å². The summed E-state index contributed by atoms with van der Waals surface area (Å²) in [5.41, 5.74) is 0.490. The molecule has 1 aromatic carbocycles. The number of benzene rings is 1. The summed E-state index contributed by atoms with van der Waals surface area (Å²) in [6.45, 7) is 0.731. The van der Waals surface area contributed by atoms with Crippen molar-refractivity contribution in [3.63, 3.8) is 0 Å². The fourth-order valence-electron chi connectivity index (χ4n) is 2.34. The average Bonchev–Trinajstić information content (AvgIpc) is 2.41. The summed E-state index contributed by atoms with van der Waals surface area (Å²) in [6.07, 6.45) is 4.22. The molecule has 1 amide bonds. The Bertz CT molecular complexity index is 477. The first-order valence-corrected chi connectivity index (χ1v) is 8.00. The third-order valence-corrected chi connectivity index (χ3v) is 4.27. The van der Waals surface area contributed by atoms with Crippen molar-refractivity contribution in [2.45, 2.75) is 31.7 Å². The number of nitrogens with zero attached hydrogens (tertiary/aromatic N) is 1. The minimum atomic E-state index is -0.445. The van der Waals surface area contributed by atoms with Gasteiger partial charge >= 0.3 is 0 Å². The molecule has 0 heterocycles. The summed E-state index contributed by atoms with van der Waals surface area (Å²) < 4.78 is 18.4. The summed E-state index contributed by atoms with van der Waals surface area (Å²) in [7, 11) is 1.40. The molecule has 1 aliphatic carbocycles. The lowest BCUT2D eigenvalue weighted by Gasteiger charge is -2.37. The second-order valence-electron chi connectivity index (χ2n) is 4.98. The summed E-state index contributed by atoms with van der Waals surface area (Å²) in [5.74, 6) is -0.362. The van der Waals surface area contributed by atoms with Gasteiger partial charge in [0.1, 0.15) is 0 Å². The molecule has 0 unspecified atom stereocenters. The van der Waals surface area contributed by atoms with Gasteiger partial charge < -0.3 is 9.64 Å². The molecule has 110 valence electrons. The van der Waals surface area contributed by atoms with Crippen LogP contribution in [0, 0.1) is 5.82 Å². The van der Waals surface area contributed by atoms with Crippen molar-refractivity contribution in [1.82, 2.24) is 4.90 Å². The highest BCUT2D eigenvalue weighted by Gasteiger charge is 2.29. The number of hydrogen-bond donors (Lipinski definition) is 0. The number of carbonyl (C=O) groups excluding carboxylic acids is 1. The maximum atomic E-state index is 13.4. The Morgan fingerprint density at radius 2 is 2.25 bits per heavy atom. The normalized spacial score (nSPS) is 14.8. The van der Waals surface area contributed by atoms with Crippen LogP contribution < -0.4 is 4.74 Å². The fourth-order valence-corrected chi connectivity index (χ4v) is 2.59. The van der Waals surface area contributed by atoms with E-state index in [2.05, 4.69) is 15.9 Å². The van der Waals surface area contributed by atoms with E-state index in [1.807, 2.05) is 4.90 Å². The molecule has 0 aliphatic heterocycles. The molecule has 20 heavy (non-hydrogen) atoms. The van der Waals surface area contributed by atoms with Gasteiger partial charge in [0.25, 0.3) is 5.91 Å². The van der Waals surface area contributed by atoms with Crippen LogP contribution in [0.3, 0.4) is 0 Å². The Hall–Kier alpha value is -1.10. The summed E-state index contributed by atoms with van der Waals surface area (Å²) in [4.78, 5) is 14.5. The van der Waals surface area contributed by atoms with Crippen molar-refractivity contribution in [3.05, 3.63) is 29.6 Å². The van der Waals surface area contributed by atoms with Gasteiger partial charge in [0.2, 0.25) is 0 Å². The van der Waals surface area contributed by atoms with E-state index in [0.717, 1.165) is 31.1 Å². The Labute approximate surface area is 127 Å². The number of hydrogen-bond acceptors (Lipinski definition) is 2. The van der Waals surface area contributed by atoms with Crippen LogP contribution in [0.25, 0.3) is 0 Å². The number of halogens is 2. The largest absolute Gasteiger partial charge is 0.494 e. The molecule has 2 rings (SSSR count). The smallest absolute Gasteiger partial charge is 0.254 e. The topological polar surface area (TPSA) is 29.5 Å². The number of amides is 1. The highest BCUT2D eigenvalue weighted by Crippen LogP contribution is 2.27. The van der Waals surface area contributed by atoms with Gasteiger partial charge in [-0.05, 0) is 43.9 Å². The van der Waals surface area contributed by atoms with Gasteiger partial charge in [-0.25, -0.2) is 4.39 Å². The molecule has 0 atom stereocenters. The van der Waals surface area contributed by atoms with Crippen molar-refractivity contribution in [3.8, 4) is 5.75 Å². The van der Waals surface area contributed by atoms with E-state index in [1.54, 1.807) is 0 Å². The SMILES string of the molecule is COc1cc(C(=O)N(CCCBr)C2CCC2)ccc1F. The summed E-state index contributed by atoms with van der Waals surface area (Å²) in [5, 5.41) is 0.871. The van der Waals surface area contributed by atoms with Crippen molar-refractivity contribution in [2.75, 3.05) is 19.0 Å². The van der Waals surface area contributed by atoms with Crippen LogP contribution in [-0.4, -0.2) is 35.8 Å². The predicted molar refractivity (Wildman–Crippen MR) is 80.0 cm³/mol. The third-order valence-electron chi connectivity index (χ3n) is 3.71. The number of methoxy groups -OCH3 is 1. The molecule has 1 aromatic rings. The molecule has 0 bridgehead atoms. The van der Waals surface area contributed by atoms with Crippen LogP contribution in [0.2, 0.25) is 0 Å². The van der Waals surface area contributed by atoms with Crippen LogP contribution in [0.4, 0.5) is 4.39 Å². The molecule has 0 radical (unpaired) electrons. The van der Waals surface area contributed by atoms with E-state index in [1.165, 1.54) is 31.7 Å².